The van der Waals surface area contributed by atoms with Crippen LogP contribution in [0.15, 0.2) is 48.6 Å². The van der Waals surface area contributed by atoms with Crippen molar-refractivity contribution in [2.45, 2.75) is 13.3 Å². The molecule has 14 heavy (non-hydrogen) atoms. The van der Waals surface area contributed by atoms with Gasteiger partial charge in [0.1, 0.15) is 0 Å². The van der Waals surface area contributed by atoms with Gasteiger partial charge in [-0.05, 0) is 30.7 Å². The molecule has 0 N–H and O–H groups in total. The number of allylic oxidation sites excluding steroid dienone is 3. The Morgan fingerprint density at radius 3 is 2.50 bits per heavy atom. The Balaban J connectivity index is 1.91. The summed E-state index contributed by atoms with van der Waals surface area (Å²) in [4.78, 5) is 0. The first-order valence-corrected chi connectivity index (χ1v) is 5.26. The van der Waals surface area contributed by atoms with Crippen LogP contribution in [0, 0.1) is 11.8 Å². The average Bonchev–Trinajstić information content (AvgIpc) is 2.96. The number of rotatable bonds is 3. The van der Waals surface area contributed by atoms with Gasteiger partial charge in [-0.1, -0.05) is 54.6 Å². The third-order valence-corrected chi connectivity index (χ3v) is 2.67. The molecule has 0 bridgehead atoms. The minimum absolute atomic E-state index is 0.784. The first kappa shape index (κ1) is 9.26. The van der Waals surface area contributed by atoms with Crippen molar-refractivity contribution >= 4 is 6.08 Å². The van der Waals surface area contributed by atoms with Gasteiger partial charge in [0.25, 0.3) is 0 Å². The monoisotopic (exact) mass is 184 g/mol. The van der Waals surface area contributed by atoms with Crippen LogP contribution in [-0.2, 0) is 0 Å². The molecule has 0 spiro atoms. The van der Waals surface area contributed by atoms with Gasteiger partial charge in [0.2, 0.25) is 0 Å². The molecule has 1 aliphatic carbocycles. The molecule has 0 radical (unpaired) electrons. The average molecular weight is 184 g/mol. The summed E-state index contributed by atoms with van der Waals surface area (Å²) in [7, 11) is 0. The summed E-state index contributed by atoms with van der Waals surface area (Å²) in [5.41, 5.74) is 1.30. The van der Waals surface area contributed by atoms with Gasteiger partial charge in [0, 0.05) is 0 Å². The van der Waals surface area contributed by atoms with Gasteiger partial charge in [-0.15, -0.1) is 0 Å². The molecular formula is C14H16. The summed E-state index contributed by atoms with van der Waals surface area (Å²) in [5, 5.41) is 0. The maximum atomic E-state index is 2.33. The predicted octanol–water partition coefficient (Wildman–Crippen LogP) is 3.91. The summed E-state index contributed by atoms with van der Waals surface area (Å²) >= 11 is 0. The van der Waals surface area contributed by atoms with E-state index in [0.29, 0.717) is 0 Å². The fourth-order valence-electron chi connectivity index (χ4n) is 1.72. The van der Waals surface area contributed by atoms with Crippen LogP contribution < -0.4 is 0 Å². The molecule has 72 valence electrons. The van der Waals surface area contributed by atoms with E-state index in [1.165, 1.54) is 12.0 Å². The first-order valence-electron chi connectivity index (χ1n) is 5.26. The molecular weight excluding hydrogens is 168 g/mol. The van der Waals surface area contributed by atoms with Gasteiger partial charge >= 0.3 is 0 Å². The fraction of sp³-hybridized carbons (Fsp3) is 0.286. The van der Waals surface area contributed by atoms with E-state index in [4.69, 9.17) is 0 Å². The Bertz CT molecular complexity index is 332. The standard InChI is InChI=1S/C14H16/c1-2-6-13-11-14(13)10-9-12-7-4-3-5-8-12/h2-10,13-14H,11H2,1H3/b6-2-,10-9+. The van der Waals surface area contributed by atoms with E-state index in [0.717, 1.165) is 11.8 Å². The third-order valence-electron chi connectivity index (χ3n) is 2.67. The second-order valence-corrected chi connectivity index (χ2v) is 3.86. The summed E-state index contributed by atoms with van der Waals surface area (Å²) in [6.45, 7) is 2.09. The first-order chi connectivity index (χ1) is 6.90. The van der Waals surface area contributed by atoms with Crippen molar-refractivity contribution in [3.8, 4) is 0 Å². The van der Waals surface area contributed by atoms with Crippen LogP contribution in [0.25, 0.3) is 6.08 Å². The van der Waals surface area contributed by atoms with Crippen LogP contribution in [0.5, 0.6) is 0 Å². The number of hydrogen-bond donors (Lipinski definition) is 0. The Kier molecular flexibility index (Phi) is 2.83. The SMILES string of the molecule is C/C=C\C1CC1/C=C/c1ccccc1. The summed E-state index contributed by atoms with van der Waals surface area (Å²) in [5.74, 6) is 1.59. The summed E-state index contributed by atoms with van der Waals surface area (Å²) < 4.78 is 0. The van der Waals surface area contributed by atoms with E-state index in [1.807, 2.05) is 0 Å². The largest absolute Gasteiger partial charge is 0.0914 e. The van der Waals surface area contributed by atoms with E-state index in [2.05, 4.69) is 61.6 Å². The van der Waals surface area contributed by atoms with Crippen molar-refractivity contribution in [3.05, 3.63) is 54.1 Å². The van der Waals surface area contributed by atoms with Crippen LogP contribution in [0.2, 0.25) is 0 Å². The topological polar surface area (TPSA) is 0 Å². The normalized spacial score (nSPS) is 26.1. The fourth-order valence-corrected chi connectivity index (χ4v) is 1.72. The maximum absolute atomic E-state index is 2.33. The van der Waals surface area contributed by atoms with Crippen LogP contribution >= 0.6 is 0 Å². The highest BCUT2D eigenvalue weighted by molar-refractivity contribution is 5.49. The number of benzene rings is 1. The molecule has 0 amide bonds. The second-order valence-electron chi connectivity index (χ2n) is 3.86. The molecule has 1 aromatic carbocycles. The zero-order chi connectivity index (χ0) is 9.80. The molecule has 1 saturated carbocycles. The zero-order valence-electron chi connectivity index (χ0n) is 8.56. The summed E-state index contributed by atoms with van der Waals surface area (Å²) in [6.07, 6.45) is 10.4. The van der Waals surface area contributed by atoms with E-state index in [9.17, 15) is 0 Å². The van der Waals surface area contributed by atoms with Gasteiger partial charge in [-0.25, -0.2) is 0 Å². The molecule has 0 nitrogen and oxygen atoms in total. The lowest BCUT2D eigenvalue weighted by atomic mass is 10.2. The molecule has 0 saturated heterocycles. The van der Waals surface area contributed by atoms with E-state index < -0.39 is 0 Å². The van der Waals surface area contributed by atoms with Gasteiger partial charge in [-0.3, -0.25) is 0 Å². The smallest absolute Gasteiger partial charge is 0.0161 e. The highest BCUT2D eigenvalue weighted by Gasteiger charge is 2.31. The van der Waals surface area contributed by atoms with E-state index >= 15 is 0 Å². The predicted molar refractivity (Wildman–Crippen MR) is 61.9 cm³/mol. The Morgan fingerprint density at radius 1 is 1.07 bits per heavy atom. The molecule has 1 fully saturated rings. The Morgan fingerprint density at radius 2 is 1.79 bits per heavy atom. The van der Waals surface area contributed by atoms with E-state index in [-0.39, 0.29) is 0 Å². The van der Waals surface area contributed by atoms with Crippen LogP contribution in [0.1, 0.15) is 18.9 Å². The lowest BCUT2D eigenvalue weighted by Gasteiger charge is -1.90. The Labute approximate surface area is 86.0 Å². The molecule has 0 aromatic heterocycles. The molecule has 1 aromatic rings. The summed E-state index contributed by atoms with van der Waals surface area (Å²) in [6, 6.07) is 10.5. The van der Waals surface area contributed by atoms with Gasteiger partial charge < -0.3 is 0 Å². The van der Waals surface area contributed by atoms with Crippen LogP contribution in [-0.4, -0.2) is 0 Å². The quantitative estimate of drug-likeness (QED) is 0.625. The Hall–Kier alpha value is -1.30. The minimum atomic E-state index is 0.784. The van der Waals surface area contributed by atoms with Crippen LogP contribution in [0.3, 0.4) is 0 Å². The molecule has 2 rings (SSSR count). The van der Waals surface area contributed by atoms with Crippen LogP contribution in [0.4, 0.5) is 0 Å². The highest BCUT2D eigenvalue weighted by Crippen LogP contribution is 2.41. The molecule has 0 heterocycles. The van der Waals surface area contributed by atoms with Crippen molar-refractivity contribution in [2.24, 2.45) is 11.8 Å². The van der Waals surface area contributed by atoms with Crippen molar-refractivity contribution in [2.75, 3.05) is 0 Å². The van der Waals surface area contributed by atoms with Crippen molar-refractivity contribution < 1.29 is 0 Å². The number of hydrogen-bond acceptors (Lipinski definition) is 0. The maximum Gasteiger partial charge on any atom is -0.0161 e. The van der Waals surface area contributed by atoms with Crippen molar-refractivity contribution in [1.82, 2.24) is 0 Å². The van der Waals surface area contributed by atoms with E-state index in [1.54, 1.807) is 0 Å². The molecule has 2 unspecified atom stereocenters. The second kappa shape index (κ2) is 4.28. The third kappa shape index (κ3) is 2.35. The minimum Gasteiger partial charge on any atom is -0.0914 e. The lowest BCUT2D eigenvalue weighted by molar-refractivity contribution is 0.997. The van der Waals surface area contributed by atoms with Crippen molar-refractivity contribution in [1.29, 1.82) is 0 Å². The van der Waals surface area contributed by atoms with Gasteiger partial charge in [-0.2, -0.15) is 0 Å². The zero-order valence-corrected chi connectivity index (χ0v) is 8.56. The van der Waals surface area contributed by atoms with Crippen molar-refractivity contribution in [3.63, 3.8) is 0 Å². The molecule has 2 atom stereocenters. The van der Waals surface area contributed by atoms with Gasteiger partial charge in [0.05, 0.1) is 0 Å². The molecule has 0 heteroatoms. The molecule has 1 aliphatic rings. The highest BCUT2D eigenvalue weighted by atomic mass is 14.4. The lowest BCUT2D eigenvalue weighted by Crippen LogP contribution is -1.73. The molecule has 0 aliphatic heterocycles. The van der Waals surface area contributed by atoms with Gasteiger partial charge in [0.15, 0.2) is 0 Å².